The van der Waals surface area contributed by atoms with Gasteiger partial charge in [0, 0.05) is 6.54 Å². The van der Waals surface area contributed by atoms with Gasteiger partial charge in [-0.3, -0.25) is 4.79 Å². The van der Waals surface area contributed by atoms with Gasteiger partial charge in [0.1, 0.15) is 5.75 Å². The molecule has 3 N–H and O–H groups in total. The number of aliphatic hydroxyl groups excluding tert-OH is 1. The van der Waals surface area contributed by atoms with Crippen molar-refractivity contribution in [3.8, 4) is 5.75 Å². The maximum absolute atomic E-state index is 10.3. The van der Waals surface area contributed by atoms with E-state index in [1.54, 1.807) is 0 Å². The summed E-state index contributed by atoms with van der Waals surface area (Å²) in [5.41, 5.74) is 0.841. The van der Waals surface area contributed by atoms with E-state index in [0.29, 0.717) is 13.2 Å². The molecular formula is C14H21NO4. The summed E-state index contributed by atoms with van der Waals surface area (Å²) in [5.74, 6) is -0.00927. The Hall–Kier alpha value is -1.59. The number of unbranched alkanes of at least 4 members (excludes halogenated alkanes) is 1. The maximum atomic E-state index is 10.3. The number of hydrogen-bond acceptors (Lipinski definition) is 4. The lowest BCUT2D eigenvalue weighted by atomic mass is 10.2. The Bertz CT molecular complexity index is 381. The zero-order valence-corrected chi connectivity index (χ0v) is 11.0. The molecule has 0 radical (unpaired) electrons. The van der Waals surface area contributed by atoms with Crippen molar-refractivity contribution in [3.05, 3.63) is 29.8 Å². The monoisotopic (exact) mass is 267 g/mol. The third kappa shape index (κ3) is 7.43. The van der Waals surface area contributed by atoms with Crippen LogP contribution in [0.2, 0.25) is 0 Å². The summed E-state index contributed by atoms with van der Waals surface area (Å²) in [4.78, 5) is 10.3. The fourth-order valence-corrected chi connectivity index (χ4v) is 1.60. The molecule has 0 fully saturated rings. The highest BCUT2D eigenvalue weighted by Gasteiger charge is 1.97. The van der Waals surface area contributed by atoms with Gasteiger partial charge in [0.2, 0.25) is 0 Å². The van der Waals surface area contributed by atoms with Crippen LogP contribution in [0.15, 0.2) is 24.3 Å². The summed E-state index contributed by atoms with van der Waals surface area (Å²) in [5, 5.41) is 20.5. The first kappa shape index (κ1) is 15.5. The van der Waals surface area contributed by atoms with Crippen LogP contribution in [0.25, 0.3) is 0 Å². The van der Waals surface area contributed by atoms with Crippen molar-refractivity contribution in [2.75, 3.05) is 19.7 Å². The first-order valence-electron chi connectivity index (χ1n) is 6.47. The lowest BCUT2D eigenvalue weighted by Crippen LogP contribution is -2.19. The van der Waals surface area contributed by atoms with Crippen LogP contribution in [-0.4, -0.2) is 35.9 Å². The Balaban J connectivity index is 2.02. The predicted octanol–water partition coefficient (Wildman–Crippen LogP) is 1.40. The first-order valence-corrected chi connectivity index (χ1v) is 6.47. The van der Waals surface area contributed by atoms with E-state index in [2.05, 4.69) is 5.32 Å². The second-order valence-corrected chi connectivity index (χ2v) is 4.25. The van der Waals surface area contributed by atoms with Gasteiger partial charge in [0.25, 0.3) is 0 Å². The largest absolute Gasteiger partial charge is 0.494 e. The van der Waals surface area contributed by atoms with Crippen LogP contribution in [0, 0.1) is 0 Å². The molecule has 5 nitrogen and oxygen atoms in total. The third-order valence-corrected chi connectivity index (χ3v) is 2.61. The average Bonchev–Trinajstić information content (AvgIpc) is 2.41. The Morgan fingerprint density at radius 3 is 2.84 bits per heavy atom. The van der Waals surface area contributed by atoms with Gasteiger partial charge in [0.05, 0.1) is 19.6 Å². The molecule has 0 unspecified atom stereocenters. The standard InChI is InChI=1S/C14H21NO4/c16-11-12-4-3-5-13(10-12)19-9-2-1-7-15-8-6-14(17)18/h3-5,10,15-16H,1-2,6-9,11H2,(H,17,18). The number of ether oxygens (including phenoxy) is 1. The molecule has 19 heavy (non-hydrogen) atoms. The number of carbonyl (C=O) groups is 1. The number of aliphatic hydroxyl groups is 1. The molecule has 0 saturated heterocycles. The van der Waals surface area contributed by atoms with Gasteiger partial charge in [-0.25, -0.2) is 0 Å². The van der Waals surface area contributed by atoms with Crippen molar-refractivity contribution in [3.63, 3.8) is 0 Å². The van der Waals surface area contributed by atoms with E-state index in [-0.39, 0.29) is 13.0 Å². The minimum atomic E-state index is -0.778. The van der Waals surface area contributed by atoms with Crippen LogP contribution in [0.5, 0.6) is 5.75 Å². The smallest absolute Gasteiger partial charge is 0.304 e. The number of nitrogens with one attached hydrogen (secondary N) is 1. The zero-order valence-electron chi connectivity index (χ0n) is 11.0. The molecule has 1 rings (SSSR count). The average molecular weight is 267 g/mol. The molecule has 106 valence electrons. The van der Waals surface area contributed by atoms with Gasteiger partial charge in [-0.1, -0.05) is 12.1 Å². The van der Waals surface area contributed by atoms with E-state index in [0.717, 1.165) is 30.7 Å². The van der Waals surface area contributed by atoms with Gasteiger partial charge in [-0.2, -0.15) is 0 Å². The van der Waals surface area contributed by atoms with E-state index in [9.17, 15) is 4.79 Å². The van der Waals surface area contributed by atoms with Crippen LogP contribution in [0.4, 0.5) is 0 Å². The highest BCUT2D eigenvalue weighted by Crippen LogP contribution is 2.13. The molecule has 0 saturated carbocycles. The normalized spacial score (nSPS) is 10.4. The minimum Gasteiger partial charge on any atom is -0.494 e. The lowest BCUT2D eigenvalue weighted by molar-refractivity contribution is -0.136. The van der Waals surface area contributed by atoms with Gasteiger partial charge in [-0.05, 0) is 37.1 Å². The van der Waals surface area contributed by atoms with Crippen molar-refractivity contribution in [1.29, 1.82) is 0 Å². The lowest BCUT2D eigenvalue weighted by Gasteiger charge is -2.07. The quantitative estimate of drug-likeness (QED) is 0.558. The van der Waals surface area contributed by atoms with Gasteiger partial charge in [0.15, 0.2) is 0 Å². The van der Waals surface area contributed by atoms with Gasteiger partial charge >= 0.3 is 5.97 Å². The van der Waals surface area contributed by atoms with Crippen molar-refractivity contribution >= 4 is 5.97 Å². The van der Waals surface area contributed by atoms with Crippen LogP contribution < -0.4 is 10.1 Å². The van der Waals surface area contributed by atoms with Crippen LogP contribution in [0.3, 0.4) is 0 Å². The second kappa shape index (κ2) is 9.35. The van der Waals surface area contributed by atoms with Crippen LogP contribution in [-0.2, 0) is 11.4 Å². The number of carboxylic acids is 1. The van der Waals surface area contributed by atoms with E-state index >= 15 is 0 Å². The molecule has 0 bridgehead atoms. The van der Waals surface area contributed by atoms with Crippen LogP contribution >= 0.6 is 0 Å². The first-order chi connectivity index (χ1) is 9.22. The molecule has 0 aliphatic heterocycles. The molecule has 0 heterocycles. The highest BCUT2D eigenvalue weighted by atomic mass is 16.5. The number of carboxylic acid groups (broad SMARTS) is 1. The Labute approximate surface area is 113 Å². The molecule has 0 spiro atoms. The Morgan fingerprint density at radius 1 is 1.26 bits per heavy atom. The maximum Gasteiger partial charge on any atom is 0.304 e. The number of aliphatic carboxylic acids is 1. The van der Waals surface area contributed by atoms with Crippen LogP contribution in [0.1, 0.15) is 24.8 Å². The molecule has 0 amide bonds. The number of rotatable bonds is 10. The molecule has 0 aliphatic carbocycles. The SMILES string of the molecule is O=C(O)CCNCCCCOc1cccc(CO)c1. The summed E-state index contributed by atoms with van der Waals surface area (Å²) in [6, 6.07) is 7.39. The number of hydrogen-bond donors (Lipinski definition) is 3. The van der Waals surface area contributed by atoms with Crippen molar-refractivity contribution < 1.29 is 19.7 Å². The van der Waals surface area contributed by atoms with Gasteiger partial charge in [-0.15, -0.1) is 0 Å². The third-order valence-electron chi connectivity index (χ3n) is 2.61. The summed E-state index contributed by atoms with van der Waals surface area (Å²) >= 11 is 0. The summed E-state index contributed by atoms with van der Waals surface area (Å²) < 4.78 is 5.56. The summed E-state index contributed by atoms with van der Waals surface area (Å²) in [7, 11) is 0. The van der Waals surface area contributed by atoms with E-state index in [1.807, 2.05) is 24.3 Å². The molecule has 0 aliphatic rings. The molecule has 1 aromatic rings. The second-order valence-electron chi connectivity index (χ2n) is 4.25. The zero-order chi connectivity index (χ0) is 13.9. The van der Waals surface area contributed by atoms with Gasteiger partial charge < -0.3 is 20.3 Å². The predicted molar refractivity (Wildman–Crippen MR) is 72.2 cm³/mol. The molecule has 0 aromatic heterocycles. The van der Waals surface area contributed by atoms with Crippen molar-refractivity contribution in [1.82, 2.24) is 5.32 Å². The van der Waals surface area contributed by atoms with E-state index in [4.69, 9.17) is 14.9 Å². The minimum absolute atomic E-state index is 0.0185. The number of benzene rings is 1. The highest BCUT2D eigenvalue weighted by molar-refractivity contribution is 5.66. The van der Waals surface area contributed by atoms with E-state index in [1.165, 1.54) is 0 Å². The topological polar surface area (TPSA) is 78.8 Å². The van der Waals surface area contributed by atoms with Crippen molar-refractivity contribution in [2.24, 2.45) is 0 Å². The summed E-state index contributed by atoms with van der Waals surface area (Å²) in [6.45, 7) is 1.95. The van der Waals surface area contributed by atoms with Crippen molar-refractivity contribution in [2.45, 2.75) is 25.9 Å². The fourth-order valence-electron chi connectivity index (χ4n) is 1.60. The molecule has 5 heteroatoms. The Kier molecular flexibility index (Phi) is 7.62. The molecular weight excluding hydrogens is 246 g/mol. The molecule has 0 atom stereocenters. The molecule has 1 aromatic carbocycles. The summed E-state index contributed by atoms with van der Waals surface area (Å²) in [6.07, 6.45) is 2.01. The van der Waals surface area contributed by atoms with E-state index < -0.39 is 5.97 Å². The fraction of sp³-hybridized carbons (Fsp3) is 0.500. The Morgan fingerprint density at radius 2 is 2.11 bits per heavy atom.